The maximum atomic E-state index is 12.9. The molecule has 0 spiro atoms. The van der Waals surface area contributed by atoms with Gasteiger partial charge in [-0.2, -0.15) is 0 Å². The number of benzene rings is 2. The fourth-order valence-electron chi connectivity index (χ4n) is 3.09. The van der Waals surface area contributed by atoms with Gasteiger partial charge in [0, 0.05) is 22.4 Å². The second-order valence-corrected chi connectivity index (χ2v) is 7.95. The lowest BCUT2D eigenvalue weighted by atomic mass is 10.1. The first-order chi connectivity index (χ1) is 15.5. The number of nitrogens with zero attached hydrogens (tertiary/aromatic N) is 4. The summed E-state index contributed by atoms with van der Waals surface area (Å²) < 4.78 is 2.64. The fraction of sp³-hybridized carbons (Fsp3) is 0.0870. The second kappa shape index (κ2) is 9.52. The van der Waals surface area contributed by atoms with E-state index in [4.69, 9.17) is 0 Å². The number of nitrogens with one attached hydrogen (secondary N) is 2. The minimum atomic E-state index is -0.417. The number of anilines is 2. The third-order valence-corrected chi connectivity index (χ3v) is 5.25. The van der Waals surface area contributed by atoms with E-state index in [1.165, 1.54) is 12.4 Å². The quantitative estimate of drug-likeness (QED) is 0.419. The van der Waals surface area contributed by atoms with Crippen LogP contribution in [0.3, 0.4) is 0 Å². The van der Waals surface area contributed by atoms with E-state index >= 15 is 0 Å². The van der Waals surface area contributed by atoms with Gasteiger partial charge in [0.1, 0.15) is 6.33 Å². The van der Waals surface area contributed by atoms with Crippen molar-refractivity contribution < 1.29 is 9.59 Å². The van der Waals surface area contributed by atoms with Crippen LogP contribution in [0.15, 0.2) is 77.8 Å². The number of rotatable bonds is 6. The van der Waals surface area contributed by atoms with Gasteiger partial charge in [-0.05, 0) is 48.4 Å². The maximum absolute atomic E-state index is 12.9. The molecule has 9 heteroatoms. The van der Waals surface area contributed by atoms with Crippen LogP contribution in [0, 0.1) is 6.92 Å². The number of aryl methyl sites for hydroxylation is 1. The minimum Gasteiger partial charge on any atom is -0.321 e. The lowest BCUT2D eigenvalue weighted by molar-refractivity contribution is 0.102. The number of halogens is 1. The van der Waals surface area contributed by atoms with E-state index in [2.05, 4.69) is 41.6 Å². The maximum Gasteiger partial charge on any atom is 0.260 e. The average Bonchev–Trinajstić information content (AvgIpc) is 3.23. The average molecular weight is 491 g/mol. The highest BCUT2D eigenvalue weighted by Crippen LogP contribution is 2.22. The second-order valence-electron chi connectivity index (χ2n) is 7.03. The Labute approximate surface area is 192 Å². The van der Waals surface area contributed by atoms with Crippen molar-refractivity contribution in [3.05, 3.63) is 100 Å². The van der Waals surface area contributed by atoms with E-state index in [0.29, 0.717) is 23.4 Å². The first-order valence-electron chi connectivity index (χ1n) is 9.76. The molecule has 2 aromatic heterocycles. The molecular formula is C23H19BrN6O2. The Kier molecular flexibility index (Phi) is 6.37. The van der Waals surface area contributed by atoms with Crippen molar-refractivity contribution >= 4 is 39.4 Å². The number of hydrogen-bond donors (Lipinski definition) is 2. The first-order valence-corrected chi connectivity index (χ1v) is 10.5. The molecule has 0 fully saturated rings. The van der Waals surface area contributed by atoms with Crippen LogP contribution in [0.25, 0.3) is 0 Å². The van der Waals surface area contributed by atoms with E-state index in [-0.39, 0.29) is 11.9 Å². The smallest absolute Gasteiger partial charge is 0.260 e. The molecule has 0 radical (unpaired) electrons. The molecule has 0 saturated heterocycles. The first kappa shape index (κ1) is 21.4. The summed E-state index contributed by atoms with van der Waals surface area (Å²) in [7, 11) is 0. The lowest BCUT2D eigenvalue weighted by Crippen LogP contribution is -2.19. The summed E-state index contributed by atoms with van der Waals surface area (Å²) in [4.78, 5) is 33.6. The molecule has 4 rings (SSSR count). The van der Waals surface area contributed by atoms with E-state index in [1.54, 1.807) is 35.3 Å². The number of carbonyl (C=O) groups is 2. The van der Waals surface area contributed by atoms with Gasteiger partial charge >= 0.3 is 0 Å². The summed E-state index contributed by atoms with van der Waals surface area (Å²) >= 11 is 3.41. The zero-order valence-electron chi connectivity index (χ0n) is 17.1. The Morgan fingerprint density at radius 2 is 1.72 bits per heavy atom. The molecule has 0 aliphatic rings. The summed E-state index contributed by atoms with van der Waals surface area (Å²) in [6, 6.07) is 16.3. The van der Waals surface area contributed by atoms with Crippen LogP contribution in [0.1, 0.15) is 31.8 Å². The number of hydrogen-bond acceptors (Lipinski definition) is 5. The van der Waals surface area contributed by atoms with Gasteiger partial charge < -0.3 is 5.32 Å². The van der Waals surface area contributed by atoms with Gasteiger partial charge in [-0.3, -0.25) is 19.9 Å². The number of pyridine rings is 1. The third kappa shape index (κ3) is 5.06. The van der Waals surface area contributed by atoms with Crippen molar-refractivity contribution in [3.8, 4) is 0 Å². The summed E-state index contributed by atoms with van der Waals surface area (Å²) in [5.74, 6) is -0.562. The van der Waals surface area contributed by atoms with E-state index < -0.39 is 5.91 Å². The Bertz CT molecular complexity index is 1260. The van der Waals surface area contributed by atoms with Gasteiger partial charge in [-0.25, -0.2) is 9.67 Å². The van der Waals surface area contributed by atoms with Crippen molar-refractivity contribution in [3.63, 3.8) is 0 Å². The van der Waals surface area contributed by atoms with Crippen LogP contribution in [-0.2, 0) is 6.54 Å². The molecule has 32 heavy (non-hydrogen) atoms. The zero-order chi connectivity index (χ0) is 22.5. The predicted octanol–water partition coefficient (Wildman–Crippen LogP) is 4.30. The zero-order valence-corrected chi connectivity index (χ0v) is 18.7. The number of para-hydroxylation sites is 1. The van der Waals surface area contributed by atoms with Gasteiger partial charge in [0.25, 0.3) is 11.8 Å². The molecule has 0 unspecified atom stereocenters. The van der Waals surface area contributed by atoms with Crippen LogP contribution in [-0.4, -0.2) is 31.6 Å². The Morgan fingerprint density at radius 1 is 0.969 bits per heavy atom. The van der Waals surface area contributed by atoms with Gasteiger partial charge in [0.15, 0.2) is 0 Å². The molecule has 0 bridgehead atoms. The van der Waals surface area contributed by atoms with Gasteiger partial charge in [0.05, 0.1) is 17.8 Å². The number of aromatic nitrogens is 4. The highest BCUT2D eigenvalue weighted by molar-refractivity contribution is 9.10. The molecule has 2 heterocycles. The van der Waals surface area contributed by atoms with Crippen LogP contribution < -0.4 is 10.6 Å². The minimum absolute atomic E-state index is 0.181. The normalized spacial score (nSPS) is 10.6. The van der Waals surface area contributed by atoms with Crippen molar-refractivity contribution in [2.75, 3.05) is 10.6 Å². The largest absolute Gasteiger partial charge is 0.321 e. The Hall–Kier alpha value is -3.85. The van der Waals surface area contributed by atoms with Gasteiger partial charge in [-0.1, -0.05) is 40.2 Å². The number of amides is 2. The highest BCUT2D eigenvalue weighted by atomic mass is 79.9. The molecule has 0 aliphatic heterocycles. The van der Waals surface area contributed by atoms with E-state index in [1.807, 2.05) is 37.3 Å². The van der Waals surface area contributed by atoms with E-state index in [0.717, 1.165) is 15.6 Å². The van der Waals surface area contributed by atoms with Crippen LogP contribution >= 0.6 is 15.9 Å². The highest BCUT2D eigenvalue weighted by Gasteiger charge is 2.18. The van der Waals surface area contributed by atoms with Crippen molar-refractivity contribution in [2.24, 2.45) is 0 Å². The van der Waals surface area contributed by atoms with Crippen molar-refractivity contribution in [2.45, 2.75) is 13.5 Å². The summed E-state index contributed by atoms with van der Waals surface area (Å²) in [6.07, 6.45) is 4.63. The molecule has 2 amide bonds. The molecule has 160 valence electrons. The van der Waals surface area contributed by atoms with Crippen LogP contribution in [0.5, 0.6) is 0 Å². The van der Waals surface area contributed by atoms with Crippen molar-refractivity contribution in [1.29, 1.82) is 0 Å². The molecule has 2 N–H and O–H groups in total. The summed E-state index contributed by atoms with van der Waals surface area (Å²) in [5, 5.41) is 9.85. The monoisotopic (exact) mass is 490 g/mol. The molecule has 0 aliphatic carbocycles. The molecular weight excluding hydrogens is 472 g/mol. The molecule has 2 aromatic carbocycles. The standard InChI is InChI=1S/C23H19BrN6O2/c1-15-3-2-4-19(20(15)27-21(31)17-9-11-25-12-10-17)22(32)28-23-26-14-30(29-23)13-16-5-7-18(24)8-6-16/h2-12,14H,13H2,1H3,(H,27,31)(H,28,29,32). The Morgan fingerprint density at radius 3 is 2.47 bits per heavy atom. The van der Waals surface area contributed by atoms with Gasteiger partial charge in [0.2, 0.25) is 5.95 Å². The summed E-state index contributed by atoms with van der Waals surface area (Å²) in [6.45, 7) is 2.35. The van der Waals surface area contributed by atoms with Gasteiger partial charge in [-0.15, -0.1) is 5.10 Å². The summed E-state index contributed by atoms with van der Waals surface area (Å²) in [5.41, 5.74) is 3.00. The molecule has 4 aromatic rings. The topological polar surface area (TPSA) is 102 Å². The molecule has 0 atom stereocenters. The predicted molar refractivity (Wildman–Crippen MR) is 125 cm³/mol. The third-order valence-electron chi connectivity index (χ3n) is 4.72. The Balaban J connectivity index is 1.49. The number of carbonyl (C=O) groups excluding carboxylic acids is 2. The van der Waals surface area contributed by atoms with E-state index in [9.17, 15) is 9.59 Å². The molecule has 0 saturated carbocycles. The fourth-order valence-corrected chi connectivity index (χ4v) is 3.35. The van der Waals surface area contributed by atoms with Crippen molar-refractivity contribution in [1.82, 2.24) is 19.7 Å². The SMILES string of the molecule is Cc1cccc(C(=O)Nc2ncn(Cc3ccc(Br)cc3)n2)c1NC(=O)c1ccncc1. The van der Waals surface area contributed by atoms with Crippen LogP contribution in [0.2, 0.25) is 0 Å². The lowest BCUT2D eigenvalue weighted by Gasteiger charge is -2.13. The van der Waals surface area contributed by atoms with Crippen LogP contribution in [0.4, 0.5) is 11.6 Å². The molecule has 8 nitrogen and oxygen atoms in total.